The molecule has 3 rings (SSSR count). The predicted molar refractivity (Wildman–Crippen MR) is 103 cm³/mol. The summed E-state index contributed by atoms with van der Waals surface area (Å²) < 4.78 is 5.05. The van der Waals surface area contributed by atoms with E-state index in [0.29, 0.717) is 30.8 Å². The molecule has 6 nitrogen and oxygen atoms in total. The van der Waals surface area contributed by atoms with E-state index in [1.54, 1.807) is 0 Å². The maximum Gasteiger partial charge on any atom is 0.240 e. The van der Waals surface area contributed by atoms with Gasteiger partial charge in [-0.3, -0.25) is 9.80 Å². The first-order chi connectivity index (χ1) is 11.2. The summed E-state index contributed by atoms with van der Waals surface area (Å²) in [5.74, 6) is 1.21. The van der Waals surface area contributed by atoms with Crippen LogP contribution in [0.3, 0.4) is 0 Å². The van der Waals surface area contributed by atoms with Gasteiger partial charge in [0, 0.05) is 37.2 Å². The molecule has 1 aliphatic heterocycles. The molecule has 0 amide bonds. The molecule has 1 atom stereocenters. The van der Waals surface area contributed by atoms with Crippen molar-refractivity contribution in [3.05, 3.63) is 46.6 Å². The van der Waals surface area contributed by atoms with Crippen molar-refractivity contribution in [2.45, 2.75) is 26.1 Å². The molecule has 1 unspecified atom stereocenters. The number of piperazine rings is 1. The summed E-state index contributed by atoms with van der Waals surface area (Å²) in [6.07, 6.45) is 0. The summed E-state index contributed by atoms with van der Waals surface area (Å²) in [6, 6.07) is 8.51. The van der Waals surface area contributed by atoms with Gasteiger partial charge in [0.25, 0.3) is 0 Å². The summed E-state index contributed by atoms with van der Waals surface area (Å²) in [7, 11) is 0. The van der Waals surface area contributed by atoms with Gasteiger partial charge in [0.2, 0.25) is 5.89 Å². The molecule has 0 radical (unpaired) electrons. The lowest BCUT2D eigenvalue weighted by molar-refractivity contribution is 0.0956. The molecule has 0 aliphatic carbocycles. The number of benzene rings is 1. The molecule has 0 saturated carbocycles. The molecule has 25 heavy (non-hydrogen) atoms. The highest BCUT2D eigenvalue weighted by Gasteiger charge is 2.23. The third kappa shape index (κ3) is 5.81. The fraction of sp³-hybridized carbons (Fsp3) is 0.500. The second kappa shape index (κ2) is 10.3. The summed E-state index contributed by atoms with van der Waals surface area (Å²) in [4.78, 5) is 9.09. The van der Waals surface area contributed by atoms with Gasteiger partial charge < -0.3 is 10.3 Å². The Hall–Kier alpha value is -0.890. The fourth-order valence-electron chi connectivity index (χ4n) is 2.90. The van der Waals surface area contributed by atoms with Crippen molar-refractivity contribution in [2.24, 2.45) is 5.73 Å². The molecule has 1 aromatic heterocycles. The second-order valence-corrected chi connectivity index (χ2v) is 6.28. The zero-order valence-corrected chi connectivity index (χ0v) is 16.5. The van der Waals surface area contributed by atoms with Crippen LogP contribution in [0.1, 0.15) is 30.2 Å². The van der Waals surface area contributed by atoms with E-state index in [-0.39, 0.29) is 24.8 Å². The van der Waals surface area contributed by atoms with Gasteiger partial charge in [0.1, 0.15) is 0 Å². The van der Waals surface area contributed by atoms with E-state index in [1.165, 1.54) is 5.56 Å². The first-order valence-electron chi connectivity index (χ1n) is 7.89. The van der Waals surface area contributed by atoms with Crippen molar-refractivity contribution < 1.29 is 4.52 Å². The van der Waals surface area contributed by atoms with Gasteiger partial charge in [-0.15, -0.1) is 24.8 Å². The molecule has 2 N–H and O–H groups in total. The SMILES string of the molecule is CC(c1ccc(Cl)cc1)N1CCN(Cc2noc(CN)n2)CC1.Cl.Cl. The third-order valence-corrected chi connectivity index (χ3v) is 4.61. The minimum Gasteiger partial charge on any atom is -0.338 e. The summed E-state index contributed by atoms with van der Waals surface area (Å²) in [5.41, 5.74) is 6.79. The zero-order valence-electron chi connectivity index (χ0n) is 14.1. The molecule has 0 bridgehead atoms. The summed E-state index contributed by atoms with van der Waals surface area (Å²) in [6.45, 7) is 7.27. The van der Waals surface area contributed by atoms with Crippen molar-refractivity contribution in [3.63, 3.8) is 0 Å². The Morgan fingerprint density at radius 1 is 1.16 bits per heavy atom. The molecule has 1 aliphatic rings. The van der Waals surface area contributed by atoms with Gasteiger partial charge in [-0.2, -0.15) is 4.98 Å². The van der Waals surface area contributed by atoms with Gasteiger partial charge in [-0.1, -0.05) is 28.9 Å². The second-order valence-electron chi connectivity index (χ2n) is 5.85. The Morgan fingerprint density at radius 3 is 2.36 bits per heavy atom. The Balaban J connectivity index is 0.00000156. The summed E-state index contributed by atoms with van der Waals surface area (Å²) in [5, 5.41) is 4.74. The van der Waals surface area contributed by atoms with E-state index in [1.807, 2.05) is 12.1 Å². The average Bonchev–Trinajstić information content (AvgIpc) is 3.03. The molecule has 0 spiro atoms. The Bertz CT molecular complexity index is 629. The summed E-state index contributed by atoms with van der Waals surface area (Å²) >= 11 is 5.96. The molecule has 2 aromatic rings. The maximum atomic E-state index is 5.96. The monoisotopic (exact) mass is 407 g/mol. The zero-order chi connectivity index (χ0) is 16.2. The Labute approximate surface area is 165 Å². The normalized spacial score (nSPS) is 16.8. The highest BCUT2D eigenvalue weighted by Crippen LogP contribution is 2.23. The van der Waals surface area contributed by atoms with Crippen molar-refractivity contribution in [2.75, 3.05) is 26.2 Å². The number of hydrogen-bond acceptors (Lipinski definition) is 6. The predicted octanol–water partition coefficient (Wildman–Crippen LogP) is 2.90. The van der Waals surface area contributed by atoms with E-state index in [4.69, 9.17) is 21.9 Å². The lowest BCUT2D eigenvalue weighted by Gasteiger charge is -2.37. The van der Waals surface area contributed by atoms with Crippen LogP contribution < -0.4 is 5.73 Å². The van der Waals surface area contributed by atoms with Gasteiger partial charge in [0.15, 0.2) is 5.82 Å². The van der Waals surface area contributed by atoms with Crippen LogP contribution in [0.15, 0.2) is 28.8 Å². The standard InChI is InChI=1S/C16H22ClN5O.2ClH/c1-12(13-2-4-14(17)5-3-13)22-8-6-21(7-9-22)11-15-19-16(10-18)23-20-15;;/h2-5,12H,6-11,18H2,1H3;2*1H. The first-order valence-corrected chi connectivity index (χ1v) is 8.27. The van der Waals surface area contributed by atoms with E-state index < -0.39 is 0 Å². The molecule has 1 fully saturated rings. The van der Waals surface area contributed by atoms with Gasteiger partial charge in [0.05, 0.1) is 13.1 Å². The van der Waals surface area contributed by atoms with Crippen LogP contribution in [0.5, 0.6) is 0 Å². The number of hydrogen-bond donors (Lipinski definition) is 1. The van der Waals surface area contributed by atoms with Crippen LogP contribution in [-0.4, -0.2) is 46.1 Å². The first kappa shape index (κ1) is 22.2. The maximum absolute atomic E-state index is 5.96. The number of nitrogens with two attached hydrogens (primary N) is 1. The van der Waals surface area contributed by atoms with E-state index in [0.717, 1.165) is 31.2 Å². The lowest BCUT2D eigenvalue weighted by atomic mass is 10.1. The highest BCUT2D eigenvalue weighted by atomic mass is 35.5. The third-order valence-electron chi connectivity index (χ3n) is 4.36. The van der Waals surface area contributed by atoms with Crippen molar-refractivity contribution in [3.8, 4) is 0 Å². The van der Waals surface area contributed by atoms with Crippen LogP contribution in [0, 0.1) is 0 Å². The smallest absolute Gasteiger partial charge is 0.240 e. The molecule has 1 aromatic carbocycles. The Morgan fingerprint density at radius 2 is 1.80 bits per heavy atom. The topological polar surface area (TPSA) is 71.4 Å². The van der Waals surface area contributed by atoms with Crippen molar-refractivity contribution in [1.29, 1.82) is 0 Å². The molecule has 9 heteroatoms. The Kier molecular flexibility index (Phi) is 9.13. The molecule has 1 saturated heterocycles. The largest absolute Gasteiger partial charge is 0.338 e. The van der Waals surface area contributed by atoms with Gasteiger partial charge >= 0.3 is 0 Å². The number of rotatable bonds is 5. The van der Waals surface area contributed by atoms with Crippen LogP contribution in [0.4, 0.5) is 0 Å². The van der Waals surface area contributed by atoms with Crippen LogP contribution >= 0.6 is 36.4 Å². The number of aromatic nitrogens is 2. The lowest BCUT2D eigenvalue weighted by Crippen LogP contribution is -2.46. The fourth-order valence-corrected chi connectivity index (χ4v) is 3.02. The minimum atomic E-state index is 0. The van der Waals surface area contributed by atoms with E-state index in [9.17, 15) is 0 Å². The van der Waals surface area contributed by atoms with Gasteiger partial charge in [-0.25, -0.2) is 0 Å². The van der Waals surface area contributed by atoms with Crippen LogP contribution in [0.2, 0.25) is 5.02 Å². The van der Waals surface area contributed by atoms with E-state index in [2.05, 4.69) is 39.0 Å². The van der Waals surface area contributed by atoms with Gasteiger partial charge in [-0.05, 0) is 24.6 Å². The molecular weight excluding hydrogens is 385 g/mol. The molecular formula is C16H24Cl3N5O. The van der Waals surface area contributed by atoms with Crippen LogP contribution in [-0.2, 0) is 13.1 Å². The minimum absolute atomic E-state index is 0. The van der Waals surface area contributed by atoms with Crippen LogP contribution in [0.25, 0.3) is 0 Å². The van der Waals surface area contributed by atoms with Crippen molar-refractivity contribution >= 4 is 36.4 Å². The molecule has 140 valence electrons. The van der Waals surface area contributed by atoms with Crippen molar-refractivity contribution in [1.82, 2.24) is 19.9 Å². The molecule has 2 heterocycles. The quantitative estimate of drug-likeness (QED) is 0.820. The number of nitrogens with zero attached hydrogens (tertiary/aromatic N) is 4. The van der Waals surface area contributed by atoms with E-state index >= 15 is 0 Å². The number of halogens is 3. The highest BCUT2D eigenvalue weighted by molar-refractivity contribution is 6.30. The average molecular weight is 409 g/mol.